The molecule has 0 fully saturated rings. The number of aliphatic hydroxyl groups excluding tert-OH is 1. The minimum absolute atomic E-state index is 0.0807. The summed E-state index contributed by atoms with van der Waals surface area (Å²) in [5.74, 6) is -0.199. The molecule has 0 aliphatic heterocycles. The van der Waals surface area contributed by atoms with Crippen molar-refractivity contribution < 1.29 is 28.4 Å². The van der Waals surface area contributed by atoms with E-state index in [0.717, 1.165) is 38.5 Å². The second-order valence-electron chi connectivity index (χ2n) is 12.1. The van der Waals surface area contributed by atoms with Crippen molar-refractivity contribution in [3.8, 4) is 0 Å². The summed E-state index contributed by atoms with van der Waals surface area (Å²) in [7, 11) is -4.32. The number of aliphatic hydroxyl groups is 1. The van der Waals surface area contributed by atoms with Crippen molar-refractivity contribution in [1.29, 1.82) is 0 Å². The molecule has 9 heteroatoms. The van der Waals surface area contributed by atoms with Gasteiger partial charge in [0.15, 0.2) is 0 Å². The van der Waals surface area contributed by atoms with Crippen molar-refractivity contribution in [2.24, 2.45) is 5.73 Å². The topological polar surface area (TPSA) is 131 Å². The van der Waals surface area contributed by atoms with Gasteiger partial charge in [-0.3, -0.25) is 13.8 Å². The standard InChI is InChI=1S/C34H69N2O6P/c1-3-5-7-9-11-13-14-15-16-17-18-19-20-21-23-25-27-33(37)32(31-42-43(39,40)41-30-29-35)36-34(38)28-26-24-22-12-10-8-6-4-2/h25,27,32-33,37H,3-24,26,28-31,35H2,1-2H3,(H,36,38)(H,39,40)/b27-25+/t32-,33+/m0/s1. The van der Waals surface area contributed by atoms with Gasteiger partial charge in [0.1, 0.15) is 0 Å². The van der Waals surface area contributed by atoms with E-state index in [4.69, 9.17) is 14.8 Å². The highest BCUT2D eigenvalue weighted by atomic mass is 31.2. The molecular weight excluding hydrogens is 563 g/mol. The molecule has 5 N–H and O–H groups in total. The van der Waals surface area contributed by atoms with E-state index in [1.54, 1.807) is 6.08 Å². The van der Waals surface area contributed by atoms with Gasteiger partial charge in [0.25, 0.3) is 0 Å². The van der Waals surface area contributed by atoms with Gasteiger partial charge in [-0.05, 0) is 19.3 Å². The van der Waals surface area contributed by atoms with Crippen LogP contribution in [0.4, 0.5) is 0 Å². The molecule has 8 nitrogen and oxygen atoms in total. The van der Waals surface area contributed by atoms with Crippen LogP contribution < -0.4 is 11.1 Å². The molecular formula is C34H69N2O6P. The van der Waals surface area contributed by atoms with Gasteiger partial charge in [-0.2, -0.15) is 0 Å². The highest BCUT2D eigenvalue weighted by Gasteiger charge is 2.26. The summed E-state index contributed by atoms with van der Waals surface area (Å²) in [6.07, 6.45) is 31.2. The van der Waals surface area contributed by atoms with E-state index in [2.05, 4.69) is 19.2 Å². The molecule has 0 saturated carbocycles. The molecule has 0 aliphatic rings. The van der Waals surface area contributed by atoms with E-state index >= 15 is 0 Å². The monoisotopic (exact) mass is 632 g/mol. The van der Waals surface area contributed by atoms with Crippen LogP contribution in [0, 0.1) is 0 Å². The maximum absolute atomic E-state index is 12.6. The predicted octanol–water partition coefficient (Wildman–Crippen LogP) is 8.88. The van der Waals surface area contributed by atoms with Crippen molar-refractivity contribution in [3.05, 3.63) is 12.2 Å². The SMILES string of the molecule is CCCCCCCCCCCCCCCC/C=C/[C@@H](O)[C@H](COP(=O)(O)OCCN)NC(=O)CCCCCCCCCC. The zero-order valence-electron chi connectivity index (χ0n) is 28.0. The fourth-order valence-corrected chi connectivity index (χ4v) is 5.89. The van der Waals surface area contributed by atoms with Crippen LogP contribution in [-0.2, 0) is 18.4 Å². The molecule has 1 unspecified atom stereocenters. The lowest BCUT2D eigenvalue weighted by molar-refractivity contribution is -0.123. The lowest BCUT2D eigenvalue weighted by Gasteiger charge is -2.23. The minimum atomic E-state index is -4.32. The number of rotatable bonds is 33. The van der Waals surface area contributed by atoms with Crippen LogP contribution in [0.1, 0.15) is 168 Å². The van der Waals surface area contributed by atoms with Crippen LogP contribution in [-0.4, -0.2) is 47.8 Å². The first kappa shape index (κ1) is 42.2. The number of phosphoric acid groups is 1. The number of allylic oxidation sites excluding steroid dienone is 1. The first-order chi connectivity index (χ1) is 20.9. The largest absolute Gasteiger partial charge is 0.472 e. The first-order valence-electron chi connectivity index (χ1n) is 17.8. The zero-order valence-corrected chi connectivity index (χ0v) is 28.8. The third kappa shape index (κ3) is 29.7. The van der Waals surface area contributed by atoms with Gasteiger partial charge in [-0.1, -0.05) is 154 Å². The smallest absolute Gasteiger partial charge is 0.387 e. The van der Waals surface area contributed by atoms with E-state index in [9.17, 15) is 19.4 Å². The molecule has 0 aromatic heterocycles. The number of phosphoric ester groups is 1. The van der Waals surface area contributed by atoms with Gasteiger partial charge in [0.2, 0.25) is 5.91 Å². The molecule has 0 saturated heterocycles. The van der Waals surface area contributed by atoms with Gasteiger partial charge < -0.3 is 21.1 Å². The maximum Gasteiger partial charge on any atom is 0.472 e. The van der Waals surface area contributed by atoms with E-state index < -0.39 is 20.0 Å². The van der Waals surface area contributed by atoms with E-state index in [-0.39, 0.29) is 25.7 Å². The highest BCUT2D eigenvalue weighted by molar-refractivity contribution is 7.47. The van der Waals surface area contributed by atoms with Crippen molar-refractivity contribution >= 4 is 13.7 Å². The van der Waals surface area contributed by atoms with Crippen LogP contribution in [0.3, 0.4) is 0 Å². The number of nitrogens with two attached hydrogens (primary N) is 1. The van der Waals surface area contributed by atoms with Gasteiger partial charge in [0, 0.05) is 13.0 Å². The second-order valence-corrected chi connectivity index (χ2v) is 13.5. The molecule has 0 aromatic rings. The maximum atomic E-state index is 12.6. The van der Waals surface area contributed by atoms with Gasteiger partial charge >= 0.3 is 7.82 Å². The Balaban J connectivity index is 4.29. The van der Waals surface area contributed by atoms with E-state index in [0.29, 0.717) is 6.42 Å². The van der Waals surface area contributed by atoms with Crippen molar-refractivity contribution in [1.82, 2.24) is 5.32 Å². The molecule has 43 heavy (non-hydrogen) atoms. The Labute approximate surface area is 265 Å². The predicted molar refractivity (Wildman–Crippen MR) is 180 cm³/mol. The Morgan fingerprint density at radius 3 is 1.65 bits per heavy atom. The Kier molecular flexibility index (Phi) is 30.7. The van der Waals surface area contributed by atoms with Crippen molar-refractivity contribution in [3.63, 3.8) is 0 Å². The van der Waals surface area contributed by atoms with Gasteiger partial charge in [-0.25, -0.2) is 4.57 Å². The van der Waals surface area contributed by atoms with Crippen LogP contribution >= 0.6 is 7.82 Å². The zero-order chi connectivity index (χ0) is 31.9. The average Bonchev–Trinajstić information content (AvgIpc) is 2.99. The molecule has 0 rings (SSSR count). The molecule has 0 bridgehead atoms. The highest BCUT2D eigenvalue weighted by Crippen LogP contribution is 2.43. The summed E-state index contributed by atoms with van der Waals surface area (Å²) < 4.78 is 21.9. The summed E-state index contributed by atoms with van der Waals surface area (Å²) in [4.78, 5) is 22.4. The number of nitrogens with one attached hydrogen (secondary N) is 1. The summed E-state index contributed by atoms with van der Waals surface area (Å²) in [6, 6.07) is -0.851. The Hall–Kier alpha value is -0.760. The van der Waals surface area contributed by atoms with Crippen LogP contribution in [0.2, 0.25) is 0 Å². The first-order valence-corrected chi connectivity index (χ1v) is 19.3. The summed E-state index contributed by atoms with van der Waals surface area (Å²) in [5.41, 5.74) is 5.34. The van der Waals surface area contributed by atoms with Crippen LogP contribution in [0.15, 0.2) is 12.2 Å². The fraction of sp³-hybridized carbons (Fsp3) is 0.912. The molecule has 0 heterocycles. The number of carbonyl (C=O) groups excluding carboxylic acids is 1. The lowest BCUT2D eigenvalue weighted by Crippen LogP contribution is -2.45. The number of amides is 1. The molecule has 0 spiro atoms. The molecule has 3 atom stereocenters. The number of carbonyl (C=O) groups is 1. The second kappa shape index (κ2) is 31.2. The van der Waals surface area contributed by atoms with Crippen LogP contribution in [0.25, 0.3) is 0 Å². The molecule has 0 aromatic carbocycles. The van der Waals surface area contributed by atoms with Gasteiger partial charge in [0.05, 0.1) is 25.4 Å². The Morgan fingerprint density at radius 2 is 1.19 bits per heavy atom. The normalized spacial score (nSPS) is 14.6. The third-order valence-electron chi connectivity index (χ3n) is 7.86. The van der Waals surface area contributed by atoms with E-state index in [1.165, 1.54) is 109 Å². The number of hydrogen-bond acceptors (Lipinski definition) is 6. The summed E-state index contributed by atoms with van der Waals surface area (Å²) >= 11 is 0. The number of unbranched alkanes of at least 4 members (excludes halogenated alkanes) is 21. The fourth-order valence-electron chi connectivity index (χ4n) is 5.13. The quantitative estimate of drug-likeness (QED) is 0.0323. The minimum Gasteiger partial charge on any atom is -0.387 e. The third-order valence-corrected chi connectivity index (χ3v) is 8.85. The van der Waals surface area contributed by atoms with E-state index in [1.807, 2.05) is 6.08 Å². The molecule has 1 amide bonds. The average molecular weight is 633 g/mol. The van der Waals surface area contributed by atoms with Crippen molar-refractivity contribution in [2.45, 2.75) is 180 Å². The molecule has 256 valence electrons. The lowest BCUT2D eigenvalue weighted by atomic mass is 10.0. The molecule has 0 aliphatic carbocycles. The summed E-state index contributed by atoms with van der Waals surface area (Å²) in [5, 5.41) is 13.5. The Bertz CT molecular complexity index is 694. The van der Waals surface area contributed by atoms with Crippen molar-refractivity contribution in [2.75, 3.05) is 19.8 Å². The summed E-state index contributed by atoms with van der Waals surface area (Å²) in [6.45, 7) is 4.09. The Morgan fingerprint density at radius 1 is 0.744 bits per heavy atom. The van der Waals surface area contributed by atoms with Gasteiger partial charge in [-0.15, -0.1) is 0 Å². The van der Waals surface area contributed by atoms with Crippen LogP contribution in [0.5, 0.6) is 0 Å². The molecule has 0 radical (unpaired) electrons. The number of hydrogen-bond donors (Lipinski definition) is 4.